The summed E-state index contributed by atoms with van der Waals surface area (Å²) >= 11 is 0. The summed E-state index contributed by atoms with van der Waals surface area (Å²) in [5, 5.41) is 3.68. The summed E-state index contributed by atoms with van der Waals surface area (Å²) in [6.07, 6.45) is 4.78. The largest absolute Gasteiger partial charge is 0.381 e. The van der Waals surface area contributed by atoms with Crippen LogP contribution in [0.25, 0.3) is 0 Å². The van der Waals surface area contributed by atoms with Crippen LogP contribution in [0.15, 0.2) is 24.3 Å². The van der Waals surface area contributed by atoms with E-state index in [1.807, 2.05) is 0 Å². The molecule has 1 fully saturated rings. The fraction of sp³-hybridized carbons (Fsp3) is 0.667. The van der Waals surface area contributed by atoms with Gasteiger partial charge in [-0.15, -0.1) is 0 Å². The quantitative estimate of drug-likeness (QED) is 0.873. The van der Waals surface area contributed by atoms with Crippen LogP contribution < -0.4 is 5.32 Å². The van der Waals surface area contributed by atoms with Crippen LogP contribution in [0.1, 0.15) is 43.4 Å². The minimum absolute atomic E-state index is 0.289. The minimum Gasteiger partial charge on any atom is -0.381 e. The molecule has 2 unspecified atom stereocenters. The van der Waals surface area contributed by atoms with E-state index >= 15 is 0 Å². The van der Waals surface area contributed by atoms with Crippen LogP contribution in [0.3, 0.4) is 0 Å². The summed E-state index contributed by atoms with van der Waals surface area (Å²) < 4.78 is 11.7. The Hall–Kier alpha value is -0.900. The minimum atomic E-state index is 0.289. The number of rotatable bonds is 6. The number of ether oxygens (including phenoxy) is 2. The van der Waals surface area contributed by atoms with Crippen LogP contribution in [0.5, 0.6) is 0 Å². The van der Waals surface area contributed by atoms with Gasteiger partial charge in [0.1, 0.15) is 0 Å². The van der Waals surface area contributed by atoms with Gasteiger partial charge < -0.3 is 14.8 Å². The van der Waals surface area contributed by atoms with Gasteiger partial charge in [-0.25, -0.2) is 0 Å². The number of hydrogen-bond donors (Lipinski definition) is 1. The first-order chi connectivity index (χ1) is 10.4. The Labute approximate surface area is 128 Å². The van der Waals surface area contributed by atoms with Crippen molar-refractivity contribution in [1.29, 1.82) is 0 Å². The second-order valence-corrected chi connectivity index (χ2v) is 6.26. The molecule has 1 aliphatic heterocycles. The zero-order valence-corrected chi connectivity index (χ0v) is 13.0. The van der Waals surface area contributed by atoms with Gasteiger partial charge in [-0.05, 0) is 42.9 Å². The molecule has 21 heavy (non-hydrogen) atoms. The van der Waals surface area contributed by atoms with Crippen molar-refractivity contribution in [1.82, 2.24) is 5.32 Å². The molecule has 1 saturated heterocycles. The van der Waals surface area contributed by atoms with E-state index in [2.05, 4.69) is 36.5 Å². The first kappa shape index (κ1) is 15.0. The molecule has 1 aromatic rings. The second kappa shape index (κ2) is 7.39. The van der Waals surface area contributed by atoms with Crippen LogP contribution in [-0.4, -0.2) is 32.5 Å². The molecular formula is C18H27NO2. The second-order valence-electron chi connectivity index (χ2n) is 6.26. The highest BCUT2D eigenvalue weighted by Crippen LogP contribution is 2.34. The van der Waals surface area contributed by atoms with Crippen LogP contribution in [-0.2, 0) is 15.9 Å². The van der Waals surface area contributed by atoms with Crippen molar-refractivity contribution in [2.45, 2.75) is 44.8 Å². The van der Waals surface area contributed by atoms with Gasteiger partial charge in [0.2, 0.25) is 0 Å². The summed E-state index contributed by atoms with van der Waals surface area (Å²) in [5.74, 6) is 0.675. The fourth-order valence-electron chi connectivity index (χ4n) is 3.43. The predicted octanol–water partition coefficient (Wildman–Crippen LogP) is 3.10. The van der Waals surface area contributed by atoms with E-state index in [9.17, 15) is 0 Å². The van der Waals surface area contributed by atoms with Gasteiger partial charge in [0, 0.05) is 19.6 Å². The smallest absolute Gasteiger partial charge is 0.0810 e. The molecule has 2 atom stereocenters. The Morgan fingerprint density at radius 2 is 2.05 bits per heavy atom. The molecule has 116 valence electrons. The van der Waals surface area contributed by atoms with E-state index in [0.29, 0.717) is 12.0 Å². The highest BCUT2D eigenvalue weighted by Gasteiger charge is 2.33. The van der Waals surface area contributed by atoms with E-state index in [1.54, 1.807) is 0 Å². The number of nitrogens with one attached hydrogen (secondary N) is 1. The van der Waals surface area contributed by atoms with E-state index in [-0.39, 0.29) is 6.10 Å². The zero-order chi connectivity index (χ0) is 14.5. The highest BCUT2D eigenvalue weighted by molar-refractivity contribution is 5.36. The van der Waals surface area contributed by atoms with Crippen LogP contribution >= 0.6 is 0 Å². The van der Waals surface area contributed by atoms with Gasteiger partial charge in [-0.3, -0.25) is 0 Å². The van der Waals surface area contributed by atoms with Gasteiger partial charge in [0.15, 0.2) is 0 Å². The Morgan fingerprint density at radius 3 is 2.86 bits per heavy atom. The number of fused-ring (bicyclic) bond motifs is 1. The lowest BCUT2D eigenvalue weighted by molar-refractivity contribution is -0.0196. The summed E-state index contributed by atoms with van der Waals surface area (Å²) in [6, 6.07) is 9.13. The molecule has 3 nitrogen and oxygen atoms in total. The van der Waals surface area contributed by atoms with Gasteiger partial charge in [-0.2, -0.15) is 0 Å². The van der Waals surface area contributed by atoms with Crippen molar-refractivity contribution in [3.63, 3.8) is 0 Å². The molecule has 3 rings (SSSR count). The molecule has 0 radical (unpaired) electrons. The third-order valence-electron chi connectivity index (χ3n) is 4.68. The lowest BCUT2D eigenvalue weighted by Crippen LogP contribution is -2.33. The van der Waals surface area contributed by atoms with Gasteiger partial charge in [0.05, 0.1) is 18.8 Å². The molecule has 1 aliphatic carbocycles. The molecule has 2 aliphatic rings. The standard InChI is InChI=1S/C18H27NO2/c1-2-9-19-18-16-6-4-3-5-15(16)12-17(18)21-13-14-7-10-20-11-8-14/h3-6,14,17-19H,2,7-13H2,1H3. The van der Waals surface area contributed by atoms with E-state index in [1.165, 1.54) is 11.1 Å². The highest BCUT2D eigenvalue weighted by atomic mass is 16.5. The monoisotopic (exact) mass is 289 g/mol. The Morgan fingerprint density at radius 1 is 1.24 bits per heavy atom. The summed E-state index contributed by atoms with van der Waals surface area (Å²) in [4.78, 5) is 0. The van der Waals surface area contributed by atoms with Gasteiger partial charge in [-0.1, -0.05) is 31.2 Å². The van der Waals surface area contributed by atoms with Crippen molar-refractivity contribution in [2.24, 2.45) is 5.92 Å². The number of benzene rings is 1. The fourth-order valence-corrected chi connectivity index (χ4v) is 3.43. The van der Waals surface area contributed by atoms with Crippen LogP contribution in [0.2, 0.25) is 0 Å². The normalized spacial score (nSPS) is 26.0. The molecule has 0 saturated carbocycles. The Bertz CT molecular complexity index is 443. The van der Waals surface area contributed by atoms with E-state index < -0.39 is 0 Å². The third kappa shape index (κ3) is 3.65. The summed E-state index contributed by atoms with van der Waals surface area (Å²) in [5.41, 5.74) is 2.88. The molecule has 3 heteroatoms. The lowest BCUT2D eigenvalue weighted by atomic mass is 10.0. The van der Waals surface area contributed by atoms with Gasteiger partial charge >= 0.3 is 0 Å². The topological polar surface area (TPSA) is 30.5 Å². The maximum atomic E-state index is 6.32. The molecule has 0 aromatic heterocycles. The molecule has 1 aromatic carbocycles. The zero-order valence-electron chi connectivity index (χ0n) is 13.0. The molecule has 0 spiro atoms. The molecule has 0 amide bonds. The molecule has 0 bridgehead atoms. The SMILES string of the molecule is CCCNC1c2ccccc2CC1OCC1CCOCC1. The van der Waals surface area contributed by atoms with Crippen LogP contribution in [0.4, 0.5) is 0 Å². The lowest BCUT2D eigenvalue weighted by Gasteiger charge is -2.27. The summed E-state index contributed by atoms with van der Waals surface area (Å²) in [6.45, 7) is 5.95. The van der Waals surface area contributed by atoms with E-state index in [0.717, 1.165) is 52.0 Å². The van der Waals surface area contributed by atoms with Crippen molar-refractivity contribution >= 4 is 0 Å². The van der Waals surface area contributed by atoms with Crippen molar-refractivity contribution in [3.8, 4) is 0 Å². The summed E-state index contributed by atoms with van der Waals surface area (Å²) in [7, 11) is 0. The Kier molecular flexibility index (Phi) is 5.28. The number of hydrogen-bond acceptors (Lipinski definition) is 3. The Balaban J connectivity index is 1.61. The average Bonchev–Trinajstić information content (AvgIpc) is 2.89. The average molecular weight is 289 g/mol. The van der Waals surface area contributed by atoms with Crippen molar-refractivity contribution < 1.29 is 9.47 Å². The molecule has 1 heterocycles. The van der Waals surface area contributed by atoms with Crippen LogP contribution in [0, 0.1) is 5.92 Å². The maximum Gasteiger partial charge on any atom is 0.0810 e. The predicted molar refractivity (Wildman–Crippen MR) is 84.5 cm³/mol. The molecule has 1 N–H and O–H groups in total. The third-order valence-corrected chi connectivity index (χ3v) is 4.68. The van der Waals surface area contributed by atoms with Crippen molar-refractivity contribution in [2.75, 3.05) is 26.4 Å². The van der Waals surface area contributed by atoms with E-state index in [4.69, 9.17) is 9.47 Å². The first-order valence-corrected chi connectivity index (χ1v) is 8.39. The first-order valence-electron chi connectivity index (χ1n) is 8.39. The maximum absolute atomic E-state index is 6.32. The molecular weight excluding hydrogens is 262 g/mol. The van der Waals surface area contributed by atoms with Crippen molar-refractivity contribution in [3.05, 3.63) is 35.4 Å². The van der Waals surface area contributed by atoms with Gasteiger partial charge in [0.25, 0.3) is 0 Å².